The lowest BCUT2D eigenvalue weighted by Crippen LogP contribution is -2.41. The molecule has 0 heterocycles. The lowest BCUT2D eigenvalue weighted by atomic mass is 9.92. The Kier molecular flexibility index (Phi) is 3.70. The molecule has 0 aliphatic rings. The standard InChI is InChI=1S/C10H11ClF3NO/c1-10(15,9(13)14)6-3-5(11)4-7(12)8(6)16-2/h3-4,9H,15H2,1-2H3. The molecule has 0 fully saturated rings. The van der Waals surface area contributed by atoms with Crippen LogP contribution in [0.15, 0.2) is 12.1 Å². The van der Waals surface area contributed by atoms with Crippen molar-refractivity contribution in [1.82, 2.24) is 0 Å². The minimum Gasteiger partial charge on any atom is -0.493 e. The maximum atomic E-state index is 13.4. The van der Waals surface area contributed by atoms with Crippen molar-refractivity contribution in [3.63, 3.8) is 0 Å². The molecule has 0 aromatic heterocycles. The Bertz CT molecular complexity index is 396. The molecule has 16 heavy (non-hydrogen) atoms. The van der Waals surface area contributed by atoms with Gasteiger partial charge in [-0.3, -0.25) is 0 Å². The Morgan fingerprint density at radius 3 is 2.44 bits per heavy atom. The van der Waals surface area contributed by atoms with Gasteiger partial charge >= 0.3 is 0 Å². The lowest BCUT2D eigenvalue weighted by molar-refractivity contribution is 0.0608. The SMILES string of the molecule is COc1c(F)cc(Cl)cc1C(C)(N)C(F)F. The lowest BCUT2D eigenvalue weighted by Gasteiger charge is -2.26. The molecule has 0 spiro atoms. The summed E-state index contributed by atoms with van der Waals surface area (Å²) in [5.41, 5.74) is 3.27. The summed E-state index contributed by atoms with van der Waals surface area (Å²) < 4.78 is 43.6. The molecule has 1 aromatic rings. The van der Waals surface area contributed by atoms with Gasteiger partial charge in [0.05, 0.1) is 7.11 Å². The summed E-state index contributed by atoms with van der Waals surface area (Å²) in [5.74, 6) is -1.13. The molecule has 2 N–H and O–H groups in total. The second kappa shape index (κ2) is 4.51. The fourth-order valence-corrected chi connectivity index (χ4v) is 1.49. The Hall–Kier alpha value is -0.940. The molecule has 0 saturated carbocycles. The predicted octanol–water partition coefficient (Wildman–Crippen LogP) is 2.93. The van der Waals surface area contributed by atoms with Crippen LogP contribution in [-0.4, -0.2) is 13.5 Å². The van der Waals surface area contributed by atoms with Crippen molar-refractivity contribution in [3.05, 3.63) is 28.5 Å². The smallest absolute Gasteiger partial charge is 0.260 e. The zero-order chi connectivity index (χ0) is 12.5. The van der Waals surface area contributed by atoms with Gasteiger partial charge in [0, 0.05) is 10.6 Å². The summed E-state index contributed by atoms with van der Waals surface area (Å²) in [6.45, 7) is 1.09. The van der Waals surface area contributed by atoms with E-state index in [0.29, 0.717) is 0 Å². The zero-order valence-electron chi connectivity index (χ0n) is 8.73. The molecule has 0 radical (unpaired) electrons. The van der Waals surface area contributed by atoms with Crippen LogP contribution in [0.3, 0.4) is 0 Å². The third kappa shape index (κ3) is 2.25. The maximum absolute atomic E-state index is 13.4. The molecule has 1 unspecified atom stereocenters. The van der Waals surface area contributed by atoms with E-state index in [1.165, 1.54) is 13.2 Å². The van der Waals surface area contributed by atoms with Crippen LogP contribution in [-0.2, 0) is 5.54 Å². The number of halogens is 4. The van der Waals surface area contributed by atoms with Gasteiger partial charge in [-0.25, -0.2) is 13.2 Å². The summed E-state index contributed by atoms with van der Waals surface area (Å²) in [7, 11) is 1.18. The Morgan fingerprint density at radius 1 is 1.44 bits per heavy atom. The molecule has 0 bridgehead atoms. The average molecular weight is 254 g/mol. The second-order valence-electron chi connectivity index (χ2n) is 3.55. The fraction of sp³-hybridized carbons (Fsp3) is 0.400. The topological polar surface area (TPSA) is 35.2 Å². The zero-order valence-corrected chi connectivity index (χ0v) is 9.49. The van der Waals surface area contributed by atoms with Crippen molar-refractivity contribution in [1.29, 1.82) is 0 Å². The van der Waals surface area contributed by atoms with E-state index in [1.54, 1.807) is 0 Å². The summed E-state index contributed by atoms with van der Waals surface area (Å²) in [6.07, 6.45) is -2.86. The molecule has 90 valence electrons. The van der Waals surface area contributed by atoms with Crippen molar-refractivity contribution >= 4 is 11.6 Å². The second-order valence-corrected chi connectivity index (χ2v) is 3.99. The number of alkyl halides is 2. The van der Waals surface area contributed by atoms with Crippen LogP contribution in [0.5, 0.6) is 5.75 Å². The van der Waals surface area contributed by atoms with E-state index in [0.717, 1.165) is 13.0 Å². The van der Waals surface area contributed by atoms with Crippen LogP contribution in [0.2, 0.25) is 5.02 Å². The number of ether oxygens (including phenoxy) is 1. The largest absolute Gasteiger partial charge is 0.493 e. The number of nitrogens with two attached hydrogens (primary N) is 1. The summed E-state index contributed by atoms with van der Waals surface area (Å²) in [5, 5.41) is -0.00868. The highest BCUT2D eigenvalue weighted by Crippen LogP contribution is 2.36. The van der Waals surface area contributed by atoms with Crippen molar-refractivity contribution in [2.45, 2.75) is 18.9 Å². The van der Waals surface area contributed by atoms with Gasteiger partial charge in [-0.05, 0) is 19.1 Å². The number of rotatable bonds is 3. The van der Waals surface area contributed by atoms with Gasteiger partial charge < -0.3 is 10.5 Å². The maximum Gasteiger partial charge on any atom is 0.260 e. The summed E-state index contributed by atoms with van der Waals surface area (Å²) in [4.78, 5) is 0. The third-order valence-electron chi connectivity index (χ3n) is 2.25. The quantitative estimate of drug-likeness (QED) is 0.899. The molecule has 0 amide bonds. The van der Waals surface area contributed by atoms with Crippen molar-refractivity contribution in [2.24, 2.45) is 5.73 Å². The van der Waals surface area contributed by atoms with Gasteiger partial charge in [0.25, 0.3) is 6.43 Å². The van der Waals surface area contributed by atoms with Crippen LogP contribution in [0.25, 0.3) is 0 Å². The first-order valence-corrected chi connectivity index (χ1v) is 4.79. The van der Waals surface area contributed by atoms with Gasteiger partial charge in [-0.1, -0.05) is 11.6 Å². The van der Waals surface area contributed by atoms with E-state index in [9.17, 15) is 13.2 Å². The van der Waals surface area contributed by atoms with Crippen molar-refractivity contribution in [2.75, 3.05) is 7.11 Å². The van der Waals surface area contributed by atoms with Crippen LogP contribution in [0.1, 0.15) is 12.5 Å². The highest BCUT2D eigenvalue weighted by atomic mass is 35.5. The molecule has 1 rings (SSSR count). The normalized spacial score (nSPS) is 15.0. The Balaban J connectivity index is 3.42. The monoisotopic (exact) mass is 253 g/mol. The van der Waals surface area contributed by atoms with Crippen LogP contribution in [0, 0.1) is 5.82 Å². The highest BCUT2D eigenvalue weighted by Gasteiger charge is 2.36. The first-order valence-electron chi connectivity index (χ1n) is 4.41. The first kappa shape index (κ1) is 13.1. The van der Waals surface area contributed by atoms with E-state index in [4.69, 9.17) is 22.1 Å². The highest BCUT2D eigenvalue weighted by molar-refractivity contribution is 6.30. The molecule has 6 heteroatoms. The third-order valence-corrected chi connectivity index (χ3v) is 2.46. The van der Waals surface area contributed by atoms with E-state index in [1.807, 2.05) is 0 Å². The van der Waals surface area contributed by atoms with Crippen LogP contribution in [0.4, 0.5) is 13.2 Å². The fourth-order valence-electron chi connectivity index (χ4n) is 1.29. The minimum atomic E-state index is -2.86. The molecular weight excluding hydrogens is 243 g/mol. The van der Waals surface area contributed by atoms with Gasteiger partial charge in [-0.15, -0.1) is 0 Å². The van der Waals surface area contributed by atoms with E-state index >= 15 is 0 Å². The van der Waals surface area contributed by atoms with E-state index in [-0.39, 0.29) is 16.3 Å². The Morgan fingerprint density at radius 2 is 2.00 bits per heavy atom. The number of hydrogen-bond donors (Lipinski definition) is 1. The first-order chi connectivity index (χ1) is 7.30. The molecular formula is C10H11ClF3NO. The van der Waals surface area contributed by atoms with Crippen molar-refractivity contribution in [3.8, 4) is 5.75 Å². The van der Waals surface area contributed by atoms with Gasteiger partial charge in [-0.2, -0.15) is 0 Å². The predicted molar refractivity (Wildman–Crippen MR) is 55.5 cm³/mol. The number of hydrogen-bond acceptors (Lipinski definition) is 2. The van der Waals surface area contributed by atoms with Gasteiger partial charge in [0.2, 0.25) is 0 Å². The summed E-state index contributed by atoms with van der Waals surface area (Å²) >= 11 is 5.59. The number of benzene rings is 1. The van der Waals surface area contributed by atoms with Gasteiger partial charge in [0.15, 0.2) is 11.6 Å². The molecule has 0 aliphatic carbocycles. The van der Waals surface area contributed by atoms with E-state index in [2.05, 4.69) is 0 Å². The molecule has 1 atom stereocenters. The van der Waals surface area contributed by atoms with Crippen molar-refractivity contribution < 1.29 is 17.9 Å². The summed E-state index contributed by atoms with van der Waals surface area (Å²) in [6, 6.07) is 2.15. The van der Waals surface area contributed by atoms with Crippen LogP contribution < -0.4 is 10.5 Å². The minimum absolute atomic E-state index is 0.00868. The van der Waals surface area contributed by atoms with Gasteiger partial charge in [0.1, 0.15) is 5.54 Å². The average Bonchev–Trinajstić information content (AvgIpc) is 2.16. The molecule has 0 saturated heterocycles. The molecule has 0 aliphatic heterocycles. The molecule has 1 aromatic carbocycles. The van der Waals surface area contributed by atoms with E-state index < -0.39 is 17.8 Å². The Labute approximate surface area is 96.1 Å². The molecule has 2 nitrogen and oxygen atoms in total. The van der Waals surface area contributed by atoms with Crippen LogP contribution >= 0.6 is 11.6 Å². The number of methoxy groups -OCH3 is 1.